The van der Waals surface area contributed by atoms with Gasteiger partial charge in [0, 0.05) is 25.7 Å². The van der Waals surface area contributed by atoms with E-state index in [1.807, 2.05) is 0 Å². The number of rotatable bonds is 2. The van der Waals surface area contributed by atoms with E-state index in [0.29, 0.717) is 6.04 Å². The van der Waals surface area contributed by atoms with E-state index < -0.39 is 0 Å². The molecule has 1 heterocycles. The Balaban J connectivity index is 1.66. The van der Waals surface area contributed by atoms with Gasteiger partial charge in [0.25, 0.3) is 0 Å². The second-order valence-electron chi connectivity index (χ2n) is 5.35. The summed E-state index contributed by atoms with van der Waals surface area (Å²) in [5.41, 5.74) is 7.64. The molecule has 2 heteroatoms. The lowest BCUT2D eigenvalue weighted by molar-refractivity contribution is 0.140. The number of nitrogens with two attached hydrogens (primary N) is 1. The molecule has 0 spiro atoms. The van der Waals surface area contributed by atoms with Gasteiger partial charge in [-0.15, -0.1) is 0 Å². The van der Waals surface area contributed by atoms with Crippen molar-refractivity contribution in [3.8, 4) is 0 Å². The van der Waals surface area contributed by atoms with Gasteiger partial charge in [-0.3, -0.25) is 4.90 Å². The maximum atomic E-state index is 6.21. The molecule has 1 aromatic rings. The first-order chi connectivity index (χ1) is 7.83. The Bertz CT molecular complexity index is 335. The minimum absolute atomic E-state index is 0.479. The standard InChI is InChI=1S/C14H20N2/c15-14-12-6-7-13(14)10-16(9-12)8-11-4-2-1-3-5-11/h1-5,12-14H,6-10,15H2/t12-,13?,14+/m0/s1. The third kappa shape index (κ3) is 1.87. The van der Waals surface area contributed by atoms with E-state index in [-0.39, 0.29) is 0 Å². The summed E-state index contributed by atoms with van der Waals surface area (Å²) < 4.78 is 0. The third-order valence-corrected chi connectivity index (χ3v) is 4.23. The zero-order valence-electron chi connectivity index (χ0n) is 9.68. The highest BCUT2D eigenvalue weighted by Gasteiger charge is 2.39. The SMILES string of the molecule is N[C@H]1C2CC[C@H]1CN(Cc1ccccc1)C2. The zero-order chi connectivity index (χ0) is 11.0. The summed E-state index contributed by atoms with van der Waals surface area (Å²) in [6.45, 7) is 3.50. The Hall–Kier alpha value is -0.860. The van der Waals surface area contributed by atoms with Crippen LogP contribution in [0.15, 0.2) is 30.3 Å². The molecule has 1 aromatic carbocycles. The number of fused-ring (bicyclic) bond motifs is 2. The van der Waals surface area contributed by atoms with Crippen molar-refractivity contribution in [1.82, 2.24) is 4.90 Å². The van der Waals surface area contributed by atoms with Crippen molar-refractivity contribution in [2.75, 3.05) is 13.1 Å². The Kier molecular flexibility index (Phi) is 2.70. The maximum absolute atomic E-state index is 6.21. The molecule has 86 valence electrons. The summed E-state index contributed by atoms with van der Waals surface area (Å²) in [7, 11) is 0. The molecule has 2 bridgehead atoms. The van der Waals surface area contributed by atoms with Crippen LogP contribution in [-0.4, -0.2) is 24.0 Å². The molecule has 2 nitrogen and oxygen atoms in total. The molecule has 1 saturated carbocycles. The van der Waals surface area contributed by atoms with Crippen molar-refractivity contribution < 1.29 is 0 Å². The van der Waals surface area contributed by atoms with Gasteiger partial charge < -0.3 is 5.73 Å². The van der Waals surface area contributed by atoms with E-state index in [2.05, 4.69) is 35.2 Å². The first-order valence-corrected chi connectivity index (χ1v) is 6.35. The average molecular weight is 216 g/mol. The molecule has 0 radical (unpaired) electrons. The van der Waals surface area contributed by atoms with Crippen LogP contribution in [0.3, 0.4) is 0 Å². The van der Waals surface area contributed by atoms with Gasteiger partial charge in [-0.25, -0.2) is 0 Å². The molecule has 1 unspecified atom stereocenters. The summed E-state index contributed by atoms with van der Waals surface area (Å²) in [5.74, 6) is 1.50. The minimum Gasteiger partial charge on any atom is -0.327 e. The maximum Gasteiger partial charge on any atom is 0.0233 e. The Labute approximate surface area is 97.4 Å². The molecule has 3 atom stereocenters. The Morgan fingerprint density at radius 2 is 1.69 bits per heavy atom. The van der Waals surface area contributed by atoms with E-state index in [1.54, 1.807) is 0 Å². The van der Waals surface area contributed by atoms with Crippen molar-refractivity contribution in [3.05, 3.63) is 35.9 Å². The smallest absolute Gasteiger partial charge is 0.0233 e. The summed E-state index contributed by atoms with van der Waals surface area (Å²) in [6, 6.07) is 11.2. The third-order valence-electron chi connectivity index (χ3n) is 4.23. The van der Waals surface area contributed by atoms with Crippen LogP contribution in [-0.2, 0) is 6.54 Å². The molecule has 0 amide bonds. The van der Waals surface area contributed by atoms with Crippen LogP contribution >= 0.6 is 0 Å². The predicted molar refractivity (Wildman–Crippen MR) is 65.9 cm³/mol. The van der Waals surface area contributed by atoms with Crippen molar-refractivity contribution in [3.63, 3.8) is 0 Å². The number of nitrogens with zero attached hydrogens (tertiary/aromatic N) is 1. The first-order valence-electron chi connectivity index (χ1n) is 6.35. The summed E-state index contributed by atoms with van der Waals surface area (Å²) >= 11 is 0. The fourth-order valence-corrected chi connectivity index (χ4v) is 3.33. The lowest BCUT2D eigenvalue weighted by Crippen LogP contribution is -2.48. The summed E-state index contributed by atoms with van der Waals surface area (Å²) in [5, 5.41) is 0. The zero-order valence-corrected chi connectivity index (χ0v) is 9.68. The normalized spacial score (nSPS) is 34.2. The second kappa shape index (κ2) is 4.19. The van der Waals surface area contributed by atoms with Crippen molar-refractivity contribution in [1.29, 1.82) is 0 Å². The van der Waals surface area contributed by atoms with Gasteiger partial charge in [0.15, 0.2) is 0 Å². The lowest BCUT2D eigenvalue weighted by Gasteiger charge is -2.36. The van der Waals surface area contributed by atoms with Crippen LogP contribution in [0.2, 0.25) is 0 Å². The fourth-order valence-electron chi connectivity index (χ4n) is 3.33. The van der Waals surface area contributed by atoms with Gasteiger partial charge in [0.05, 0.1) is 0 Å². The van der Waals surface area contributed by atoms with Gasteiger partial charge in [-0.1, -0.05) is 30.3 Å². The topological polar surface area (TPSA) is 29.3 Å². The molecule has 16 heavy (non-hydrogen) atoms. The predicted octanol–water partition coefficient (Wildman–Crippen LogP) is 1.86. The van der Waals surface area contributed by atoms with E-state index in [0.717, 1.165) is 18.4 Å². The van der Waals surface area contributed by atoms with Gasteiger partial charge in [-0.05, 0) is 30.2 Å². The summed E-state index contributed by atoms with van der Waals surface area (Å²) in [4.78, 5) is 2.58. The van der Waals surface area contributed by atoms with Crippen LogP contribution in [0.25, 0.3) is 0 Å². The largest absolute Gasteiger partial charge is 0.327 e. The first kappa shape index (κ1) is 10.3. The summed E-state index contributed by atoms with van der Waals surface area (Å²) in [6.07, 6.45) is 2.69. The second-order valence-corrected chi connectivity index (χ2v) is 5.35. The van der Waals surface area contributed by atoms with Gasteiger partial charge in [-0.2, -0.15) is 0 Å². The molecule has 3 rings (SSSR count). The molecule has 2 fully saturated rings. The van der Waals surface area contributed by atoms with E-state index >= 15 is 0 Å². The highest BCUT2D eigenvalue weighted by molar-refractivity contribution is 5.14. The Morgan fingerprint density at radius 3 is 2.31 bits per heavy atom. The Morgan fingerprint density at radius 1 is 1.06 bits per heavy atom. The number of piperidine rings is 1. The number of hydrogen-bond donors (Lipinski definition) is 1. The number of likely N-dealkylation sites (tertiary alicyclic amines) is 1. The van der Waals surface area contributed by atoms with Crippen molar-refractivity contribution in [2.24, 2.45) is 17.6 Å². The molecule has 1 saturated heterocycles. The van der Waals surface area contributed by atoms with Crippen LogP contribution < -0.4 is 5.73 Å². The molecular formula is C14H20N2. The molecule has 2 aliphatic rings. The molecule has 2 N–H and O–H groups in total. The minimum atomic E-state index is 0.479. The highest BCUT2D eigenvalue weighted by Crippen LogP contribution is 2.35. The van der Waals surface area contributed by atoms with Crippen LogP contribution in [0.4, 0.5) is 0 Å². The van der Waals surface area contributed by atoms with E-state index in [1.165, 1.54) is 31.5 Å². The van der Waals surface area contributed by atoms with Gasteiger partial charge in [0.2, 0.25) is 0 Å². The van der Waals surface area contributed by atoms with Crippen LogP contribution in [0, 0.1) is 11.8 Å². The van der Waals surface area contributed by atoms with Crippen molar-refractivity contribution in [2.45, 2.75) is 25.4 Å². The number of benzene rings is 1. The molecule has 1 aliphatic carbocycles. The average Bonchev–Trinajstić information content (AvgIpc) is 2.54. The van der Waals surface area contributed by atoms with E-state index in [9.17, 15) is 0 Å². The van der Waals surface area contributed by atoms with Crippen LogP contribution in [0.1, 0.15) is 18.4 Å². The van der Waals surface area contributed by atoms with E-state index in [4.69, 9.17) is 5.73 Å². The number of hydrogen-bond acceptors (Lipinski definition) is 2. The van der Waals surface area contributed by atoms with Gasteiger partial charge >= 0.3 is 0 Å². The lowest BCUT2D eigenvalue weighted by atomic mass is 9.93. The monoisotopic (exact) mass is 216 g/mol. The molecule has 1 aliphatic heterocycles. The highest BCUT2D eigenvalue weighted by atomic mass is 15.2. The molecular weight excluding hydrogens is 196 g/mol. The fraction of sp³-hybridized carbons (Fsp3) is 0.571. The van der Waals surface area contributed by atoms with Crippen LogP contribution in [0.5, 0.6) is 0 Å². The van der Waals surface area contributed by atoms with Gasteiger partial charge in [0.1, 0.15) is 0 Å². The van der Waals surface area contributed by atoms with Crippen molar-refractivity contribution >= 4 is 0 Å². The quantitative estimate of drug-likeness (QED) is 0.817. The molecule has 0 aromatic heterocycles.